The summed E-state index contributed by atoms with van der Waals surface area (Å²) in [4.78, 5) is 26.0. The molecule has 2 rings (SSSR count). The Morgan fingerprint density at radius 1 is 1.03 bits per heavy atom. The average molecular weight is 471 g/mol. The van der Waals surface area contributed by atoms with Gasteiger partial charge < -0.3 is 24.8 Å². The van der Waals surface area contributed by atoms with Crippen LogP contribution in [0.4, 0.5) is 10.5 Å². The molecule has 0 aliphatic carbocycles. The maximum atomic E-state index is 12.9. The molecule has 0 saturated heterocycles. The van der Waals surface area contributed by atoms with Gasteiger partial charge in [0.1, 0.15) is 12.4 Å². The largest absolute Gasteiger partial charge is 0.492 e. The number of hydrogen-bond acceptors (Lipinski definition) is 4. The maximum Gasteiger partial charge on any atom is 0.333 e. The van der Waals surface area contributed by atoms with Crippen molar-refractivity contribution in [1.29, 1.82) is 0 Å². The molecule has 186 valence electrons. The van der Waals surface area contributed by atoms with Gasteiger partial charge in [0.25, 0.3) is 0 Å². The number of anilines is 1. The van der Waals surface area contributed by atoms with Crippen molar-refractivity contribution in [3.8, 4) is 5.75 Å². The quantitative estimate of drug-likeness (QED) is 0.435. The number of benzene rings is 2. The number of ether oxygens (including phenoxy) is 2. The second-order valence-corrected chi connectivity index (χ2v) is 9.57. The van der Waals surface area contributed by atoms with Crippen molar-refractivity contribution >= 4 is 17.7 Å². The van der Waals surface area contributed by atoms with Gasteiger partial charge in [-0.3, -0.25) is 0 Å². The molecule has 0 bridgehead atoms. The molecule has 2 N–H and O–H groups in total. The lowest BCUT2D eigenvalue weighted by Gasteiger charge is -2.27. The third-order valence-electron chi connectivity index (χ3n) is 5.34. The molecule has 2 amide bonds. The van der Waals surface area contributed by atoms with Crippen molar-refractivity contribution in [1.82, 2.24) is 4.90 Å². The van der Waals surface area contributed by atoms with Crippen molar-refractivity contribution in [2.24, 2.45) is 5.41 Å². The molecule has 0 saturated carbocycles. The Balaban J connectivity index is 1.93. The first-order valence-corrected chi connectivity index (χ1v) is 11.8. The van der Waals surface area contributed by atoms with Gasteiger partial charge in [-0.25, -0.2) is 9.59 Å². The number of amides is 2. The lowest BCUT2D eigenvalue weighted by molar-refractivity contribution is -0.149. The predicted octanol–water partition coefficient (Wildman–Crippen LogP) is 5.38. The lowest BCUT2D eigenvalue weighted by Crippen LogP contribution is -2.39. The zero-order valence-electron chi connectivity index (χ0n) is 21.0. The van der Waals surface area contributed by atoms with Gasteiger partial charge in [-0.2, -0.15) is 0 Å². The Bertz CT molecular complexity index is 904. The Hall–Kier alpha value is -3.06. The molecule has 0 aromatic heterocycles. The van der Waals surface area contributed by atoms with Crippen molar-refractivity contribution in [2.45, 2.75) is 53.6 Å². The van der Waals surface area contributed by atoms with Crippen LogP contribution in [0.25, 0.3) is 0 Å². The first kappa shape index (κ1) is 27.2. The highest BCUT2D eigenvalue weighted by atomic mass is 16.5. The van der Waals surface area contributed by atoms with E-state index in [0.29, 0.717) is 38.5 Å². The maximum absolute atomic E-state index is 12.9. The summed E-state index contributed by atoms with van der Waals surface area (Å²) < 4.78 is 11.1. The molecule has 7 heteroatoms. The molecule has 1 unspecified atom stereocenters. The van der Waals surface area contributed by atoms with Gasteiger partial charge >= 0.3 is 12.0 Å². The highest BCUT2D eigenvalue weighted by molar-refractivity contribution is 5.89. The van der Waals surface area contributed by atoms with Crippen LogP contribution in [-0.4, -0.2) is 54.4 Å². The number of carbonyl (C=O) groups excluding carboxylic acids is 1. The molecule has 2 aromatic carbocycles. The SMILES string of the molecule is CCOC(Cc1ccc(OCCN(CCC(C)(C)C)C(=O)Nc2ccc(C)cc2)cc1)C(=O)O. The monoisotopic (exact) mass is 470 g/mol. The molecule has 0 aliphatic heterocycles. The van der Waals surface area contributed by atoms with Gasteiger partial charge in [-0.15, -0.1) is 0 Å². The van der Waals surface area contributed by atoms with Crippen LogP contribution in [0.1, 0.15) is 45.2 Å². The van der Waals surface area contributed by atoms with Gasteiger partial charge in [-0.1, -0.05) is 50.6 Å². The first-order valence-electron chi connectivity index (χ1n) is 11.8. The summed E-state index contributed by atoms with van der Waals surface area (Å²) >= 11 is 0. The van der Waals surface area contributed by atoms with Crippen molar-refractivity contribution in [2.75, 3.05) is 31.6 Å². The molecule has 0 heterocycles. The van der Waals surface area contributed by atoms with E-state index in [1.807, 2.05) is 55.5 Å². The summed E-state index contributed by atoms with van der Waals surface area (Å²) in [5, 5.41) is 12.2. The minimum absolute atomic E-state index is 0.106. The molecular formula is C27H38N2O5. The smallest absolute Gasteiger partial charge is 0.333 e. The Labute approximate surface area is 203 Å². The number of carbonyl (C=O) groups is 2. The van der Waals surface area contributed by atoms with Crippen LogP contribution >= 0.6 is 0 Å². The molecule has 1 atom stereocenters. The minimum Gasteiger partial charge on any atom is -0.492 e. The van der Waals surface area contributed by atoms with Crippen LogP contribution in [0.15, 0.2) is 48.5 Å². The van der Waals surface area contributed by atoms with E-state index in [0.717, 1.165) is 23.2 Å². The average Bonchev–Trinajstić information content (AvgIpc) is 2.77. The Morgan fingerprint density at radius 3 is 2.24 bits per heavy atom. The Morgan fingerprint density at radius 2 is 1.68 bits per heavy atom. The molecular weight excluding hydrogens is 432 g/mol. The van der Waals surface area contributed by atoms with Gasteiger partial charge in [0.05, 0.1) is 6.54 Å². The molecule has 0 fully saturated rings. The first-order chi connectivity index (χ1) is 16.1. The summed E-state index contributed by atoms with van der Waals surface area (Å²) in [5.41, 5.74) is 2.87. The van der Waals surface area contributed by atoms with Crippen molar-refractivity contribution in [3.63, 3.8) is 0 Å². The van der Waals surface area contributed by atoms with E-state index in [9.17, 15) is 14.7 Å². The lowest BCUT2D eigenvalue weighted by atomic mass is 9.92. The van der Waals surface area contributed by atoms with E-state index in [4.69, 9.17) is 9.47 Å². The predicted molar refractivity (Wildman–Crippen MR) is 135 cm³/mol. The van der Waals surface area contributed by atoms with E-state index in [-0.39, 0.29) is 11.4 Å². The van der Waals surface area contributed by atoms with E-state index >= 15 is 0 Å². The number of carboxylic acid groups (broad SMARTS) is 1. The van der Waals surface area contributed by atoms with E-state index < -0.39 is 12.1 Å². The van der Waals surface area contributed by atoms with Crippen LogP contribution in [0.3, 0.4) is 0 Å². The highest BCUT2D eigenvalue weighted by Crippen LogP contribution is 2.20. The number of nitrogens with zero attached hydrogens (tertiary/aromatic N) is 1. The van der Waals surface area contributed by atoms with Crippen LogP contribution in [0.5, 0.6) is 5.75 Å². The summed E-state index contributed by atoms with van der Waals surface area (Å²) in [5.74, 6) is -0.303. The van der Waals surface area contributed by atoms with Crippen LogP contribution in [0.2, 0.25) is 0 Å². The fourth-order valence-corrected chi connectivity index (χ4v) is 3.25. The van der Waals surface area contributed by atoms with Crippen LogP contribution < -0.4 is 10.1 Å². The van der Waals surface area contributed by atoms with Gasteiger partial charge in [-0.05, 0) is 55.5 Å². The number of aryl methyl sites for hydroxylation is 1. The Kier molecular flexibility index (Phi) is 10.4. The zero-order valence-corrected chi connectivity index (χ0v) is 21.0. The van der Waals surface area contributed by atoms with Crippen LogP contribution in [0, 0.1) is 12.3 Å². The molecule has 2 aromatic rings. The fourth-order valence-electron chi connectivity index (χ4n) is 3.25. The molecule has 0 aliphatic rings. The second-order valence-electron chi connectivity index (χ2n) is 9.57. The minimum atomic E-state index is -0.971. The summed E-state index contributed by atoms with van der Waals surface area (Å²) in [7, 11) is 0. The highest BCUT2D eigenvalue weighted by Gasteiger charge is 2.19. The number of rotatable bonds is 12. The van der Waals surface area contributed by atoms with E-state index in [1.165, 1.54) is 0 Å². The number of nitrogens with one attached hydrogen (secondary N) is 1. The summed E-state index contributed by atoms with van der Waals surface area (Å²) in [6.45, 7) is 12.0. The number of carboxylic acids is 1. The summed E-state index contributed by atoms with van der Waals surface area (Å²) in [6, 6.07) is 14.9. The third-order valence-corrected chi connectivity index (χ3v) is 5.34. The van der Waals surface area contributed by atoms with E-state index in [2.05, 4.69) is 26.1 Å². The number of urea groups is 1. The van der Waals surface area contributed by atoms with Gasteiger partial charge in [0.15, 0.2) is 6.10 Å². The topological polar surface area (TPSA) is 88.1 Å². The zero-order chi connectivity index (χ0) is 25.1. The standard InChI is InChI=1S/C27H38N2O5/c1-6-33-24(25(30)31)19-21-9-13-23(14-10-21)34-18-17-29(16-15-27(3,4)5)26(32)28-22-11-7-20(2)8-12-22/h7-14,24H,6,15-19H2,1-5H3,(H,28,32)(H,30,31). The number of hydrogen-bond donors (Lipinski definition) is 2. The molecule has 7 nitrogen and oxygen atoms in total. The van der Waals surface area contributed by atoms with Crippen molar-refractivity contribution < 1.29 is 24.2 Å². The van der Waals surface area contributed by atoms with Crippen LogP contribution in [-0.2, 0) is 16.0 Å². The fraction of sp³-hybridized carbons (Fsp3) is 0.481. The summed E-state index contributed by atoms with van der Waals surface area (Å²) in [6.07, 6.45) is 0.303. The molecule has 0 radical (unpaired) electrons. The third kappa shape index (κ3) is 9.83. The van der Waals surface area contributed by atoms with Gasteiger partial charge in [0, 0.05) is 25.3 Å². The molecule has 0 spiro atoms. The molecule has 34 heavy (non-hydrogen) atoms. The van der Waals surface area contributed by atoms with Crippen molar-refractivity contribution in [3.05, 3.63) is 59.7 Å². The normalized spacial score (nSPS) is 12.1. The van der Waals surface area contributed by atoms with Gasteiger partial charge in [0.2, 0.25) is 0 Å². The second kappa shape index (κ2) is 13.0. The number of aliphatic carboxylic acids is 1. The van der Waals surface area contributed by atoms with E-state index in [1.54, 1.807) is 11.8 Å².